The predicted octanol–water partition coefficient (Wildman–Crippen LogP) is 5.14. The van der Waals surface area contributed by atoms with Gasteiger partial charge in [0.15, 0.2) is 0 Å². The molecule has 0 radical (unpaired) electrons. The molecule has 3 rings (SSSR count). The summed E-state index contributed by atoms with van der Waals surface area (Å²) < 4.78 is 28.1. The largest absolute Gasteiger partial charge is 0.357 e. The lowest BCUT2D eigenvalue weighted by Crippen LogP contribution is -2.23. The molecule has 2 N–H and O–H groups in total. The molecule has 31 heavy (non-hydrogen) atoms. The minimum atomic E-state index is -3.75. The van der Waals surface area contributed by atoms with E-state index in [-0.39, 0.29) is 4.90 Å². The van der Waals surface area contributed by atoms with E-state index in [1.807, 2.05) is 13.0 Å². The van der Waals surface area contributed by atoms with Crippen LogP contribution in [0, 0.1) is 13.8 Å². The first-order valence-electron chi connectivity index (χ1n) is 9.98. The summed E-state index contributed by atoms with van der Waals surface area (Å²) in [7, 11) is -3.75. The van der Waals surface area contributed by atoms with E-state index in [4.69, 9.17) is 11.6 Å². The van der Waals surface area contributed by atoms with Gasteiger partial charge >= 0.3 is 0 Å². The summed E-state index contributed by atoms with van der Waals surface area (Å²) in [6.45, 7) is 9.53. The summed E-state index contributed by atoms with van der Waals surface area (Å²) in [6.07, 6.45) is 0. The summed E-state index contributed by atoms with van der Waals surface area (Å²) in [5.74, 6) is 1.35. The average Bonchev–Trinajstić information content (AvgIpc) is 2.71. The van der Waals surface area contributed by atoms with Crippen molar-refractivity contribution in [3.05, 3.63) is 64.8 Å². The number of nitrogens with zero attached hydrogens (tertiary/aromatic N) is 3. The highest BCUT2D eigenvalue weighted by molar-refractivity contribution is 7.92. The van der Waals surface area contributed by atoms with E-state index < -0.39 is 10.0 Å². The van der Waals surface area contributed by atoms with Crippen LogP contribution in [0.4, 0.5) is 23.1 Å². The van der Waals surface area contributed by atoms with Gasteiger partial charge in [-0.15, -0.1) is 0 Å². The second-order valence-corrected chi connectivity index (χ2v) is 9.17. The molecule has 0 bridgehead atoms. The maximum absolute atomic E-state index is 12.7. The lowest BCUT2D eigenvalue weighted by Gasteiger charge is -2.20. The zero-order valence-electron chi connectivity index (χ0n) is 18.0. The van der Waals surface area contributed by atoms with Gasteiger partial charge in [-0.2, -0.15) is 4.98 Å². The summed E-state index contributed by atoms with van der Waals surface area (Å²) in [6, 6.07) is 13.6. The smallest absolute Gasteiger partial charge is 0.262 e. The fourth-order valence-corrected chi connectivity index (χ4v) is 4.71. The Morgan fingerprint density at radius 3 is 2.23 bits per heavy atom. The van der Waals surface area contributed by atoms with Gasteiger partial charge in [0.25, 0.3) is 10.0 Å². The summed E-state index contributed by atoms with van der Waals surface area (Å²) in [5.41, 5.74) is 2.67. The fourth-order valence-electron chi connectivity index (χ4n) is 3.14. The number of benzene rings is 2. The Morgan fingerprint density at radius 1 is 0.935 bits per heavy atom. The van der Waals surface area contributed by atoms with Gasteiger partial charge in [-0.1, -0.05) is 17.7 Å². The Hall–Kier alpha value is -2.84. The van der Waals surface area contributed by atoms with Crippen molar-refractivity contribution in [3.8, 4) is 0 Å². The molecule has 0 aliphatic heterocycles. The number of hydrogen-bond donors (Lipinski definition) is 2. The number of halogens is 1. The molecular weight excluding hydrogens is 434 g/mol. The Bertz CT molecular complexity index is 1160. The molecule has 0 unspecified atom stereocenters. The number of aryl methyl sites for hydroxylation is 2. The zero-order valence-corrected chi connectivity index (χ0v) is 19.5. The molecule has 7 nitrogen and oxygen atoms in total. The number of sulfonamides is 1. The predicted molar refractivity (Wildman–Crippen MR) is 127 cm³/mol. The van der Waals surface area contributed by atoms with Crippen molar-refractivity contribution < 1.29 is 8.42 Å². The van der Waals surface area contributed by atoms with Gasteiger partial charge in [-0.3, -0.25) is 4.72 Å². The molecule has 9 heteroatoms. The van der Waals surface area contributed by atoms with Crippen LogP contribution in [-0.2, 0) is 10.0 Å². The molecule has 0 aliphatic rings. The molecule has 0 aliphatic carbocycles. The molecule has 0 saturated carbocycles. The third-order valence-electron chi connectivity index (χ3n) is 4.76. The quantitative estimate of drug-likeness (QED) is 0.485. The summed E-state index contributed by atoms with van der Waals surface area (Å²) in [5, 5.41) is 3.55. The van der Waals surface area contributed by atoms with E-state index in [0.29, 0.717) is 22.2 Å². The third kappa shape index (κ3) is 5.65. The lowest BCUT2D eigenvalue weighted by atomic mass is 10.2. The molecule has 1 heterocycles. The van der Waals surface area contributed by atoms with Crippen molar-refractivity contribution in [1.29, 1.82) is 0 Å². The van der Waals surface area contributed by atoms with E-state index in [9.17, 15) is 8.42 Å². The van der Waals surface area contributed by atoms with Gasteiger partial charge in [0, 0.05) is 41.2 Å². The molecule has 0 saturated heterocycles. The Balaban J connectivity index is 1.77. The second-order valence-electron chi connectivity index (χ2n) is 7.08. The average molecular weight is 460 g/mol. The van der Waals surface area contributed by atoms with Crippen molar-refractivity contribution in [3.63, 3.8) is 0 Å². The Morgan fingerprint density at radius 2 is 1.58 bits per heavy atom. The molecule has 0 fully saturated rings. The molecule has 0 spiro atoms. The van der Waals surface area contributed by atoms with Crippen molar-refractivity contribution in [2.45, 2.75) is 32.6 Å². The Labute approximate surface area is 188 Å². The molecule has 164 valence electrons. The zero-order chi connectivity index (χ0) is 22.6. The molecule has 0 atom stereocenters. The van der Waals surface area contributed by atoms with Crippen molar-refractivity contribution in [2.24, 2.45) is 0 Å². The van der Waals surface area contributed by atoms with E-state index >= 15 is 0 Å². The first-order chi connectivity index (χ1) is 14.7. The van der Waals surface area contributed by atoms with Crippen LogP contribution in [0.3, 0.4) is 0 Å². The van der Waals surface area contributed by atoms with Crippen LogP contribution in [0.25, 0.3) is 0 Å². The maximum Gasteiger partial charge on any atom is 0.262 e. The van der Waals surface area contributed by atoms with Gasteiger partial charge in [0.05, 0.1) is 4.90 Å². The van der Waals surface area contributed by atoms with Crippen LogP contribution in [0.1, 0.15) is 25.1 Å². The normalized spacial score (nSPS) is 11.3. The number of hydrogen-bond acceptors (Lipinski definition) is 6. The SMILES string of the molecule is CCN(CC)c1cc(C)nc(Nc2ccc(NS(=O)(=O)c3cc(Cl)ccc3C)cc2)n1. The lowest BCUT2D eigenvalue weighted by molar-refractivity contribution is 0.600. The molecule has 0 amide bonds. The number of nitrogens with one attached hydrogen (secondary N) is 2. The Kier molecular flexibility index (Phi) is 7.02. The van der Waals surface area contributed by atoms with Crippen LogP contribution >= 0.6 is 11.6 Å². The van der Waals surface area contributed by atoms with E-state index in [1.54, 1.807) is 43.3 Å². The van der Waals surface area contributed by atoms with Crippen molar-refractivity contribution in [2.75, 3.05) is 28.0 Å². The third-order valence-corrected chi connectivity index (χ3v) is 6.52. The summed E-state index contributed by atoms with van der Waals surface area (Å²) >= 11 is 5.97. The molecular formula is C22H26ClN5O2S. The number of aromatic nitrogens is 2. The van der Waals surface area contributed by atoms with Crippen molar-refractivity contribution >= 4 is 44.8 Å². The number of rotatable bonds is 8. The first-order valence-corrected chi connectivity index (χ1v) is 11.8. The minimum Gasteiger partial charge on any atom is -0.357 e. The van der Waals surface area contributed by atoms with Gasteiger partial charge in [0.2, 0.25) is 5.95 Å². The second kappa shape index (κ2) is 9.53. The molecule has 1 aromatic heterocycles. The minimum absolute atomic E-state index is 0.152. The monoisotopic (exact) mass is 459 g/mol. The van der Waals surface area contributed by atoms with Crippen molar-refractivity contribution in [1.82, 2.24) is 9.97 Å². The van der Waals surface area contributed by atoms with E-state index in [1.165, 1.54) is 6.07 Å². The highest BCUT2D eigenvalue weighted by Gasteiger charge is 2.17. The van der Waals surface area contributed by atoms with Crippen LogP contribution in [0.5, 0.6) is 0 Å². The van der Waals surface area contributed by atoms with Gasteiger partial charge < -0.3 is 10.2 Å². The van der Waals surface area contributed by atoms with E-state index in [2.05, 4.69) is 38.8 Å². The van der Waals surface area contributed by atoms with E-state index in [0.717, 1.165) is 30.3 Å². The van der Waals surface area contributed by atoms with Gasteiger partial charge in [-0.25, -0.2) is 13.4 Å². The van der Waals surface area contributed by atoms with Crippen LogP contribution in [0.2, 0.25) is 5.02 Å². The highest BCUT2D eigenvalue weighted by atomic mass is 35.5. The number of anilines is 4. The maximum atomic E-state index is 12.7. The van der Waals surface area contributed by atoms with Gasteiger partial charge in [-0.05, 0) is 69.7 Å². The van der Waals surface area contributed by atoms with Crippen LogP contribution in [-0.4, -0.2) is 31.5 Å². The standard InChI is InChI=1S/C22H26ClN5O2S/c1-5-28(6-2)21-13-16(4)24-22(26-21)25-18-9-11-19(12-10-18)27-31(29,30)20-14-17(23)8-7-15(20)3/h7-14,27H,5-6H2,1-4H3,(H,24,25,26). The van der Waals surface area contributed by atoms with Crippen LogP contribution < -0.4 is 14.9 Å². The van der Waals surface area contributed by atoms with Gasteiger partial charge in [0.1, 0.15) is 5.82 Å². The molecule has 3 aromatic rings. The van der Waals surface area contributed by atoms with Crippen LogP contribution in [0.15, 0.2) is 53.4 Å². The first kappa shape index (κ1) is 22.8. The fraction of sp³-hybridized carbons (Fsp3) is 0.273. The molecule has 2 aromatic carbocycles. The summed E-state index contributed by atoms with van der Waals surface area (Å²) in [4.78, 5) is 11.3. The topological polar surface area (TPSA) is 87.2 Å². The highest BCUT2D eigenvalue weighted by Crippen LogP contribution is 2.24.